The molecule has 0 aliphatic rings. The molecule has 1 heterocycles. The molecule has 2 aromatic rings. The summed E-state index contributed by atoms with van der Waals surface area (Å²) in [5.41, 5.74) is 2.01. The fourth-order valence-corrected chi connectivity index (χ4v) is 1.43. The predicted octanol–water partition coefficient (Wildman–Crippen LogP) is 2.72. The van der Waals surface area contributed by atoms with Crippen LogP contribution < -0.4 is 0 Å². The normalized spacial score (nSPS) is 10.1. The van der Waals surface area contributed by atoms with Crippen molar-refractivity contribution in [2.45, 2.75) is 6.42 Å². The van der Waals surface area contributed by atoms with Crippen LogP contribution in [0.25, 0.3) is 0 Å². The highest BCUT2D eigenvalue weighted by atomic mass is 35.5. The Morgan fingerprint density at radius 3 is 2.43 bits per heavy atom. The number of rotatable bonds is 2. The van der Waals surface area contributed by atoms with E-state index in [1.807, 2.05) is 30.3 Å². The van der Waals surface area contributed by atoms with Crippen LogP contribution in [0.2, 0.25) is 5.15 Å². The maximum atomic E-state index is 5.90. The lowest BCUT2D eigenvalue weighted by molar-refractivity contribution is 1.03. The molecule has 0 radical (unpaired) electrons. The molecule has 3 heteroatoms. The van der Waals surface area contributed by atoms with E-state index in [2.05, 4.69) is 9.97 Å². The van der Waals surface area contributed by atoms with E-state index in [0.29, 0.717) is 5.15 Å². The van der Waals surface area contributed by atoms with Crippen molar-refractivity contribution in [1.82, 2.24) is 9.97 Å². The van der Waals surface area contributed by atoms with Crippen molar-refractivity contribution in [3.8, 4) is 0 Å². The van der Waals surface area contributed by atoms with Gasteiger partial charge in [0.25, 0.3) is 0 Å². The Morgan fingerprint density at radius 2 is 1.71 bits per heavy atom. The first kappa shape index (κ1) is 9.16. The van der Waals surface area contributed by atoms with Crippen LogP contribution in [-0.2, 0) is 6.42 Å². The minimum Gasteiger partial charge on any atom is -0.256 e. The zero-order valence-electron chi connectivity index (χ0n) is 7.52. The lowest BCUT2D eigenvalue weighted by Gasteiger charge is -2.01. The Balaban J connectivity index is 2.24. The standard InChI is InChI=1S/C11H9ClN2/c12-11-10(13-6-7-14-11)8-9-4-2-1-3-5-9/h1-7H,8H2. The van der Waals surface area contributed by atoms with Gasteiger partial charge in [-0.15, -0.1) is 0 Å². The van der Waals surface area contributed by atoms with Crippen LogP contribution in [0.3, 0.4) is 0 Å². The zero-order chi connectivity index (χ0) is 9.80. The van der Waals surface area contributed by atoms with Crippen LogP contribution in [0.15, 0.2) is 42.7 Å². The number of hydrogen-bond acceptors (Lipinski definition) is 2. The first-order valence-corrected chi connectivity index (χ1v) is 4.73. The van der Waals surface area contributed by atoms with Gasteiger partial charge in [0.05, 0.1) is 5.69 Å². The topological polar surface area (TPSA) is 25.8 Å². The molecule has 0 unspecified atom stereocenters. The van der Waals surface area contributed by atoms with Crippen molar-refractivity contribution in [2.24, 2.45) is 0 Å². The molecule has 2 rings (SSSR count). The first-order chi connectivity index (χ1) is 6.86. The van der Waals surface area contributed by atoms with E-state index in [9.17, 15) is 0 Å². The van der Waals surface area contributed by atoms with Crippen LogP contribution in [0.1, 0.15) is 11.3 Å². The molecule has 0 bridgehead atoms. The number of hydrogen-bond donors (Lipinski definition) is 0. The number of benzene rings is 1. The second kappa shape index (κ2) is 4.20. The molecule has 70 valence electrons. The minimum atomic E-state index is 0.483. The van der Waals surface area contributed by atoms with Crippen molar-refractivity contribution < 1.29 is 0 Å². The van der Waals surface area contributed by atoms with Crippen LogP contribution in [0.4, 0.5) is 0 Å². The third-order valence-corrected chi connectivity index (χ3v) is 2.25. The average Bonchev–Trinajstić information content (AvgIpc) is 2.23. The van der Waals surface area contributed by atoms with E-state index in [1.54, 1.807) is 12.4 Å². The minimum absolute atomic E-state index is 0.483. The summed E-state index contributed by atoms with van der Waals surface area (Å²) in [6.45, 7) is 0. The van der Waals surface area contributed by atoms with E-state index in [0.717, 1.165) is 12.1 Å². The summed E-state index contributed by atoms with van der Waals surface area (Å²) in [6.07, 6.45) is 3.98. The molecule has 1 aromatic carbocycles. The highest BCUT2D eigenvalue weighted by Gasteiger charge is 2.02. The van der Waals surface area contributed by atoms with Gasteiger partial charge in [-0.2, -0.15) is 0 Å². The molecule has 0 fully saturated rings. The fraction of sp³-hybridized carbons (Fsp3) is 0.0909. The molecule has 0 atom stereocenters. The van der Waals surface area contributed by atoms with Gasteiger partial charge in [0.15, 0.2) is 5.15 Å². The summed E-state index contributed by atoms with van der Waals surface area (Å²) in [6, 6.07) is 10.1. The lowest BCUT2D eigenvalue weighted by atomic mass is 10.1. The Labute approximate surface area is 87.6 Å². The molecule has 0 saturated heterocycles. The van der Waals surface area contributed by atoms with Crippen molar-refractivity contribution in [3.63, 3.8) is 0 Å². The Hall–Kier alpha value is -1.41. The van der Waals surface area contributed by atoms with Gasteiger partial charge in [-0.25, -0.2) is 4.98 Å². The molecule has 0 aliphatic heterocycles. The van der Waals surface area contributed by atoms with Gasteiger partial charge in [0.1, 0.15) is 0 Å². The van der Waals surface area contributed by atoms with Gasteiger partial charge in [-0.1, -0.05) is 41.9 Å². The second-order valence-corrected chi connectivity index (χ2v) is 3.31. The predicted molar refractivity (Wildman–Crippen MR) is 56.3 cm³/mol. The van der Waals surface area contributed by atoms with E-state index >= 15 is 0 Å². The van der Waals surface area contributed by atoms with Crippen molar-refractivity contribution in [3.05, 3.63) is 59.1 Å². The van der Waals surface area contributed by atoms with Gasteiger partial charge in [0.2, 0.25) is 0 Å². The van der Waals surface area contributed by atoms with Gasteiger partial charge in [0, 0.05) is 18.8 Å². The monoisotopic (exact) mass is 204 g/mol. The van der Waals surface area contributed by atoms with Gasteiger partial charge in [-0.3, -0.25) is 4.98 Å². The van der Waals surface area contributed by atoms with E-state index in [-0.39, 0.29) is 0 Å². The van der Waals surface area contributed by atoms with Crippen LogP contribution in [0.5, 0.6) is 0 Å². The molecule has 0 N–H and O–H groups in total. The maximum absolute atomic E-state index is 5.90. The molecule has 0 saturated carbocycles. The Morgan fingerprint density at radius 1 is 1.00 bits per heavy atom. The molecule has 0 aliphatic carbocycles. The molecule has 0 amide bonds. The SMILES string of the molecule is Clc1nccnc1Cc1ccccc1. The zero-order valence-corrected chi connectivity index (χ0v) is 8.28. The maximum Gasteiger partial charge on any atom is 0.150 e. The number of halogens is 1. The van der Waals surface area contributed by atoms with Gasteiger partial charge in [-0.05, 0) is 5.56 Å². The Kier molecular flexibility index (Phi) is 2.75. The molecular formula is C11H9ClN2. The molecule has 1 aromatic heterocycles. The van der Waals surface area contributed by atoms with Crippen LogP contribution >= 0.6 is 11.6 Å². The third-order valence-electron chi connectivity index (χ3n) is 1.94. The molecule has 14 heavy (non-hydrogen) atoms. The van der Waals surface area contributed by atoms with Crippen molar-refractivity contribution in [2.75, 3.05) is 0 Å². The number of nitrogens with zero attached hydrogens (tertiary/aromatic N) is 2. The Bertz CT molecular complexity index is 415. The second-order valence-electron chi connectivity index (χ2n) is 2.96. The van der Waals surface area contributed by atoms with Crippen molar-refractivity contribution >= 4 is 11.6 Å². The summed E-state index contributed by atoms with van der Waals surface area (Å²) in [4.78, 5) is 8.16. The highest BCUT2D eigenvalue weighted by Crippen LogP contribution is 2.13. The average molecular weight is 205 g/mol. The van der Waals surface area contributed by atoms with Gasteiger partial charge >= 0.3 is 0 Å². The van der Waals surface area contributed by atoms with E-state index in [4.69, 9.17) is 11.6 Å². The van der Waals surface area contributed by atoms with Crippen molar-refractivity contribution in [1.29, 1.82) is 0 Å². The summed E-state index contributed by atoms with van der Waals surface area (Å²) >= 11 is 5.90. The van der Waals surface area contributed by atoms with E-state index < -0.39 is 0 Å². The quantitative estimate of drug-likeness (QED) is 0.752. The summed E-state index contributed by atoms with van der Waals surface area (Å²) in [7, 11) is 0. The van der Waals surface area contributed by atoms with Crippen LogP contribution in [0, 0.1) is 0 Å². The lowest BCUT2D eigenvalue weighted by Crippen LogP contribution is -1.94. The first-order valence-electron chi connectivity index (χ1n) is 4.35. The summed E-state index contributed by atoms with van der Waals surface area (Å²) < 4.78 is 0. The molecular weight excluding hydrogens is 196 g/mol. The summed E-state index contributed by atoms with van der Waals surface area (Å²) in [5.74, 6) is 0. The van der Waals surface area contributed by atoms with E-state index in [1.165, 1.54) is 5.56 Å². The largest absolute Gasteiger partial charge is 0.256 e. The highest BCUT2D eigenvalue weighted by molar-refractivity contribution is 6.30. The smallest absolute Gasteiger partial charge is 0.150 e. The van der Waals surface area contributed by atoms with Crippen LogP contribution in [-0.4, -0.2) is 9.97 Å². The molecule has 2 nitrogen and oxygen atoms in total. The fourth-order valence-electron chi connectivity index (χ4n) is 1.26. The number of aromatic nitrogens is 2. The molecule has 0 spiro atoms. The third kappa shape index (κ3) is 2.09. The summed E-state index contributed by atoms with van der Waals surface area (Å²) in [5, 5.41) is 0.483. The van der Waals surface area contributed by atoms with Gasteiger partial charge < -0.3 is 0 Å².